The maximum Gasteiger partial charge on any atom is 0.306 e. The number of nitrogens with zero attached hydrogens (tertiary/aromatic N) is 1. The Hall–Kier alpha value is -2.19. The van der Waals surface area contributed by atoms with Crippen LogP contribution in [-0.2, 0) is 28.6 Å². The summed E-state index contributed by atoms with van der Waals surface area (Å²) in [6.45, 7) is 4.65. The van der Waals surface area contributed by atoms with Gasteiger partial charge in [-0.2, -0.15) is 0 Å². The molecule has 0 aromatic carbocycles. The van der Waals surface area contributed by atoms with E-state index >= 15 is 0 Å². The second-order valence-electron chi connectivity index (χ2n) is 16.7. The molecule has 0 aromatic heterocycles. The number of unbranched alkanes of at least 4 members (excludes halogenated alkanes) is 24. The predicted octanol–water partition coefficient (Wildman–Crippen LogP) is 11.1. The zero-order chi connectivity index (χ0) is 40.7. The first kappa shape index (κ1) is 52.8. The van der Waals surface area contributed by atoms with Gasteiger partial charge >= 0.3 is 11.9 Å². The van der Waals surface area contributed by atoms with Crippen molar-refractivity contribution < 1.29 is 38.2 Å². The van der Waals surface area contributed by atoms with Crippen molar-refractivity contribution in [3.63, 3.8) is 0 Å². The molecule has 2 atom stereocenters. The molecule has 0 fully saturated rings. The second-order valence-corrected chi connectivity index (χ2v) is 16.7. The predicted molar refractivity (Wildman–Crippen MR) is 227 cm³/mol. The van der Waals surface area contributed by atoms with E-state index in [9.17, 15) is 19.5 Å². The molecule has 2 unspecified atom stereocenters. The van der Waals surface area contributed by atoms with Gasteiger partial charge in [0.15, 0.2) is 6.10 Å². The van der Waals surface area contributed by atoms with Gasteiger partial charge in [-0.3, -0.25) is 9.59 Å². The molecule has 322 valence electrons. The molecule has 0 bridgehead atoms. The highest BCUT2D eigenvalue weighted by Crippen LogP contribution is 2.15. The van der Waals surface area contributed by atoms with Gasteiger partial charge in [0, 0.05) is 19.3 Å². The highest BCUT2D eigenvalue weighted by atomic mass is 16.6. The number of carbonyl (C=O) groups excluding carboxylic acids is 3. The molecule has 0 rings (SSSR count). The van der Waals surface area contributed by atoms with E-state index in [-0.39, 0.29) is 42.7 Å². The average Bonchev–Trinajstić information content (AvgIpc) is 3.14. The Morgan fingerprint density at radius 3 is 1.38 bits per heavy atom. The van der Waals surface area contributed by atoms with E-state index < -0.39 is 18.1 Å². The molecule has 0 spiro atoms. The number of carbonyl (C=O) groups is 3. The van der Waals surface area contributed by atoms with E-state index in [1.807, 2.05) is 0 Å². The zero-order valence-corrected chi connectivity index (χ0v) is 36.6. The van der Waals surface area contributed by atoms with Crippen molar-refractivity contribution in [2.24, 2.45) is 0 Å². The van der Waals surface area contributed by atoms with Gasteiger partial charge < -0.3 is 28.6 Å². The van der Waals surface area contributed by atoms with Gasteiger partial charge in [0.05, 0.1) is 40.3 Å². The van der Waals surface area contributed by atoms with Crippen LogP contribution in [0, 0.1) is 0 Å². The van der Waals surface area contributed by atoms with Crippen LogP contribution in [-0.4, -0.2) is 75.5 Å². The van der Waals surface area contributed by atoms with Crippen LogP contribution in [0.4, 0.5) is 0 Å². The van der Waals surface area contributed by atoms with E-state index in [1.165, 1.54) is 135 Å². The molecule has 0 saturated heterocycles. The molecule has 0 radical (unpaired) electrons. The van der Waals surface area contributed by atoms with Gasteiger partial charge in [0.1, 0.15) is 12.6 Å². The normalized spacial score (nSPS) is 13.1. The fourth-order valence-corrected chi connectivity index (χ4v) is 6.77. The standard InChI is InChI=1S/C47H87NO7/c1-6-8-10-12-14-16-18-19-20-21-22-23-24-25-26-28-29-31-33-35-37-45(49)54-42-43(41-53-40-39-44(47(51)52)48(3,4)5)55-46(50)38-36-34-32-30-27-17-15-13-11-9-7-2/h16,18-20,43-44H,6-15,17,21-42H2,1-5H3/b18-16+,20-19+. The number of allylic oxidation sites excluding steroid dienone is 4. The fraction of sp³-hybridized carbons (Fsp3) is 0.851. The minimum Gasteiger partial charge on any atom is -0.544 e. The first-order valence-electron chi connectivity index (χ1n) is 22.9. The van der Waals surface area contributed by atoms with Gasteiger partial charge in [-0.15, -0.1) is 0 Å². The van der Waals surface area contributed by atoms with Crippen molar-refractivity contribution in [3.05, 3.63) is 24.3 Å². The molecule has 0 heterocycles. The van der Waals surface area contributed by atoms with Crippen molar-refractivity contribution in [3.8, 4) is 0 Å². The molecule has 55 heavy (non-hydrogen) atoms. The minimum absolute atomic E-state index is 0.0438. The number of ether oxygens (including phenoxy) is 3. The Balaban J connectivity index is 4.24. The summed E-state index contributed by atoms with van der Waals surface area (Å²) in [4.78, 5) is 36.8. The number of rotatable bonds is 41. The molecule has 8 nitrogen and oxygen atoms in total. The summed E-state index contributed by atoms with van der Waals surface area (Å²) in [5.74, 6) is -1.73. The lowest BCUT2D eigenvalue weighted by Gasteiger charge is -2.34. The molecule has 0 aliphatic heterocycles. The van der Waals surface area contributed by atoms with Crippen LogP contribution in [0.2, 0.25) is 0 Å². The van der Waals surface area contributed by atoms with Crippen LogP contribution < -0.4 is 5.11 Å². The Morgan fingerprint density at radius 2 is 0.945 bits per heavy atom. The van der Waals surface area contributed by atoms with Crippen molar-refractivity contribution in [1.82, 2.24) is 0 Å². The number of hydrogen-bond donors (Lipinski definition) is 0. The summed E-state index contributed by atoms with van der Waals surface area (Å²) in [5.41, 5.74) is 0. The molecule has 0 aliphatic rings. The smallest absolute Gasteiger partial charge is 0.306 e. The van der Waals surface area contributed by atoms with Gasteiger partial charge in [-0.1, -0.05) is 173 Å². The third-order valence-electron chi connectivity index (χ3n) is 10.4. The van der Waals surface area contributed by atoms with Crippen LogP contribution in [0.5, 0.6) is 0 Å². The van der Waals surface area contributed by atoms with Crippen molar-refractivity contribution >= 4 is 17.9 Å². The quantitative estimate of drug-likeness (QED) is 0.0264. The molecular weight excluding hydrogens is 691 g/mol. The topological polar surface area (TPSA) is 102 Å². The lowest BCUT2D eigenvalue weighted by atomic mass is 10.1. The summed E-state index contributed by atoms with van der Waals surface area (Å²) < 4.78 is 17.2. The van der Waals surface area contributed by atoms with Crippen LogP contribution in [0.25, 0.3) is 0 Å². The Labute approximate surface area is 339 Å². The zero-order valence-electron chi connectivity index (χ0n) is 36.6. The largest absolute Gasteiger partial charge is 0.544 e. The molecule has 0 amide bonds. The molecule has 0 aromatic rings. The SMILES string of the molecule is CCCCCC/C=C/C=C/CCCCCCCCCCCCC(=O)OCC(COCCC(C(=O)[O-])[N+](C)(C)C)OC(=O)CCCCCCCCCCCCC. The van der Waals surface area contributed by atoms with Gasteiger partial charge in [-0.05, 0) is 38.5 Å². The number of aliphatic carboxylic acids is 1. The lowest BCUT2D eigenvalue weighted by Crippen LogP contribution is -2.55. The van der Waals surface area contributed by atoms with Gasteiger partial charge in [-0.25, -0.2) is 0 Å². The third kappa shape index (κ3) is 37.2. The number of carboxylic acid groups (broad SMARTS) is 1. The number of quaternary nitrogens is 1. The van der Waals surface area contributed by atoms with Crippen molar-refractivity contribution in [1.29, 1.82) is 0 Å². The number of hydrogen-bond acceptors (Lipinski definition) is 7. The molecule has 0 aliphatic carbocycles. The molecular formula is C47H87NO7. The van der Waals surface area contributed by atoms with Gasteiger partial charge in [0.2, 0.25) is 0 Å². The highest BCUT2D eigenvalue weighted by Gasteiger charge is 2.25. The van der Waals surface area contributed by atoms with Crippen LogP contribution in [0.1, 0.15) is 206 Å². The summed E-state index contributed by atoms with van der Waals surface area (Å²) in [6.07, 6.45) is 42.0. The van der Waals surface area contributed by atoms with Crippen LogP contribution in [0.15, 0.2) is 24.3 Å². The summed E-state index contributed by atoms with van der Waals surface area (Å²) in [5, 5.41) is 11.6. The number of likely N-dealkylation sites (N-methyl/N-ethyl adjacent to an activating group) is 1. The first-order valence-corrected chi connectivity index (χ1v) is 22.9. The van der Waals surface area contributed by atoms with Crippen molar-refractivity contribution in [2.45, 2.75) is 219 Å². The van der Waals surface area contributed by atoms with E-state index in [0.29, 0.717) is 12.8 Å². The fourth-order valence-electron chi connectivity index (χ4n) is 6.77. The second kappa shape index (κ2) is 38.7. The highest BCUT2D eigenvalue weighted by molar-refractivity contribution is 5.70. The van der Waals surface area contributed by atoms with E-state index in [2.05, 4.69) is 38.2 Å². The van der Waals surface area contributed by atoms with Crippen molar-refractivity contribution in [2.75, 3.05) is 41.0 Å². The molecule has 0 saturated carbocycles. The maximum atomic E-state index is 12.7. The Morgan fingerprint density at radius 1 is 0.545 bits per heavy atom. The van der Waals surface area contributed by atoms with Crippen LogP contribution >= 0.6 is 0 Å². The molecule has 8 heteroatoms. The first-order chi connectivity index (χ1) is 26.6. The summed E-state index contributed by atoms with van der Waals surface area (Å²) in [6, 6.07) is -0.722. The number of carboxylic acids is 1. The average molecular weight is 778 g/mol. The summed E-state index contributed by atoms with van der Waals surface area (Å²) in [7, 11) is 5.41. The van der Waals surface area contributed by atoms with Gasteiger partial charge in [0.25, 0.3) is 0 Å². The monoisotopic (exact) mass is 778 g/mol. The third-order valence-corrected chi connectivity index (χ3v) is 10.4. The lowest BCUT2D eigenvalue weighted by molar-refractivity contribution is -0.889. The van der Waals surface area contributed by atoms with E-state index in [0.717, 1.165) is 38.5 Å². The summed E-state index contributed by atoms with van der Waals surface area (Å²) >= 11 is 0. The van der Waals surface area contributed by atoms with E-state index in [1.54, 1.807) is 21.1 Å². The molecule has 0 N–H and O–H groups in total. The van der Waals surface area contributed by atoms with E-state index in [4.69, 9.17) is 14.2 Å². The van der Waals surface area contributed by atoms with Crippen LogP contribution in [0.3, 0.4) is 0 Å². The maximum absolute atomic E-state index is 12.7. The Kier molecular flexibility index (Phi) is 37.1. The number of esters is 2. The Bertz CT molecular complexity index is 957. The minimum atomic E-state index is -1.12.